The average Bonchev–Trinajstić information content (AvgIpc) is 2.50. The van der Waals surface area contributed by atoms with Crippen LogP contribution in [-0.4, -0.2) is 26.6 Å². The SMILES string of the molecule is CC(C)(C)[Si](C)(C)OCCCCCCCCCCCCCCCO. The van der Waals surface area contributed by atoms with Gasteiger partial charge in [-0.15, -0.1) is 0 Å². The van der Waals surface area contributed by atoms with E-state index in [1.165, 1.54) is 77.0 Å². The molecule has 0 heterocycles. The Balaban J connectivity index is 3.24. The average molecular weight is 359 g/mol. The highest BCUT2D eigenvalue weighted by atomic mass is 28.4. The number of unbranched alkanes of at least 4 members (excludes halogenated alkanes) is 12. The molecule has 1 N–H and O–H groups in total. The molecule has 0 aromatic rings. The van der Waals surface area contributed by atoms with E-state index in [1.54, 1.807) is 0 Å². The molecule has 0 aromatic carbocycles. The van der Waals surface area contributed by atoms with Crippen molar-refractivity contribution in [1.29, 1.82) is 0 Å². The molecule has 0 aliphatic rings. The van der Waals surface area contributed by atoms with Crippen LogP contribution < -0.4 is 0 Å². The molecule has 0 radical (unpaired) electrons. The van der Waals surface area contributed by atoms with Crippen molar-refractivity contribution in [3.8, 4) is 0 Å². The van der Waals surface area contributed by atoms with Crippen LogP contribution >= 0.6 is 0 Å². The highest BCUT2D eigenvalue weighted by Gasteiger charge is 2.36. The minimum Gasteiger partial charge on any atom is -0.417 e. The lowest BCUT2D eigenvalue weighted by Crippen LogP contribution is -2.40. The third kappa shape index (κ3) is 13.4. The number of rotatable bonds is 16. The Hall–Kier alpha value is 0.137. The van der Waals surface area contributed by atoms with Gasteiger partial charge in [-0.3, -0.25) is 0 Å². The van der Waals surface area contributed by atoms with Gasteiger partial charge in [0.1, 0.15) is 0 Å². The normalized spacial score (nSPS) is 12.8. The summed E-state index contributed by atoms with van der Waals surface area (Å²) in [5.74, 6) is 0. The molecule has 0 aliphatic heterocycles. The quantitative estimate of drug-likeness (QED) is 0.236. The number of aliphatic hydroxyl groups excluding tert-OH is 1. The Labute approximate surface area is 153 Å². The fraction of sp³-hybridized carbons (Fsp3) is 1.00. The molecule has 0 saturated heterocycles. The summed E-state index contributed by atoms with van der Waals surface area (Å²) < 4.78 is 6.23. The predicted octanol–water partition coefficient (Wildman–Crippen LogP) is 7.07. The maximum absolute atomic E-state index is 8.72. The van der Waals surface area contributed by atoms with Crippen molar-refractivity contribution in [3.05, 3.63) is 0 Å². The lowest BCUT2D eigenvalue weighted by Gasteiger charge is -2.36. The monoisotopic (exact) mass is 358 g/mol. The Morgan fingerprint density at radius 1 is 0.625 bits per heavy atom. The summed E-state index contributed by atoms with van der Waals surface area (Å²) in [6.07, 6.45) is 17.2. The van der Waals surface area contributed by atoms with Gasteiger partial charge in [0, 0.05) is 13.2 Å². The Morgan fingerprint density at radius 2 is 0.958 bits per heavy atom. The van der Waals surface area contributed by atoms with Gasteiger partial charge >= 0.3 is 0 Å². The molecule has 2 nitrogen and oxygen atoms in total. The Bertz CT molecular complexity index is 272. The van der Waals surface area contributed by atoms with E-state index in [1.807, 2.05) is 0 Å². The van der Waals surface area contributed by atoms with E-state index in [9.17, 15) is 0 Å². The third-order valence-electron chi connectivity index (χ3n) is 5.57. The summed E-state index contributed by atoms with van der Waals surface area (Å²) in [4.78, 5) is 0. The van der Waals surface area contributed by atoms with Gasteiger partial charge in [-0.05, 0) is 31.0 Å². The van der Waals surface area contributed by atoms with Crippen molar-refractivity contribution in [2.45, 2.75) is 122 Å². The molecule has 0 atom stereocenters. The number of hydrogen-bond acceptors (Lipinski definition) is 2. The molecule has 0 bridgehead atoms. The Morgan fingerprint density at radius 3 is 1.29 bits per heavy atom. The van der Waals surface area contributed by atoms with Crippen molar-refractivity contribution in [3.63, 3.8) is 0 Å². The molecule has 0 saturated carbocycles. The molecule has 0 spiro atoms. The van der Waals surface area contributed by atoms with E-state index in [-0.39, 0.29) is 0 Å². The highest BCUT2D eigenvalue weighted by molar-refractivity contribution is 6.74. The zero-order valence-electron chi connectivity index (χ0n) is 17.5. The standard InChI is InChI=1S/C21H46O2Si/c1-21(2,3)24(4,5)23-20-18-16-14-12-10-8-6-7-9-11-13-15-17-19-22/h22H,6-20H2,1-5H3. The minimum atomic E-state index is -1.52. The fourth-order valence-corrected chi connectivity index (χ4v) is 3.79. The van der Waals surface area contributed by atoms with E-state index in [0.29, 0.717) is 11.6 Å². The Kier molecular flexibility index (Phi) is 14.4. The van der Waals surface area contributed by atoms with E-state index in [0.717, 1.165) is 13.0 Å². The predicted molar refractivity (Wildman–Crippen MR) is 110 cm³/mol. The van der Waals surface area contributed by atoms with Crippen LogP contribution in [0.3, 0.4) is 0 Å². The van der Waals surface area contributed by atoms with E-state index < -0.39 is 8.32 Å². The van der Waals surface area contributed by atoms with Gasteiger partial charge in [0.25, 0.3) is 0 Å². The molecule has 24 heavy (non-hydrogen) atoms. The molecule has 0 aromatic heterocycles. The molecule has 0 unspecified atom stereocenters. The first-order chi connectivity index (χ1) is 11.3. The second kappa shape index (κ2) is 14.3. The minimum absolute atomic E-state index is 0.339. The molecule has 3 heteroatoms. The number of hydrogen-bond donors (Lipinski definition) is 1. The van der Waals surface area contributed by atoms with Crippen LogP contribution in [-0.2, 0) is 4.43 Å². The number of aliphatic hydroxyl groups is 1. The molecule has 0 fully saturated rings. The van der Waals surface area contributed by atoms with Gasteiger partial charge < -0.3 is 9.53 Å². The van der Waals surface area contributed by atoms with Gasteiger partial charge in [-0.1, -0.05) is 91.4 Å². The van der Waals surface area contributed by atoms with Gasteiger partial charge in [0.2, 0.25) is 0 Å². The summed E-state index contributed by atoms with van der Waals surface area (Å²) in [7, 11) is -1.52. The van der Waals surface area contributed by atoms with Crippen LogP contribution in [0.2, 0.25) is 18.1 Å². The second-order valence-corrected chi connectivity index (χ2v) is 13.7. The van der Waals surface area contributed by atoms with Crippen molar-refractivity contribution in [1.82, 2.24) is 0 Å². The molecule has 146 valence electrons. The maximum Gasteiger partial charge on any atom is 0.191 e. The van der Waals surface area contributed by atoms with E-state index in [4.69, 9.17) is 9.53 Å². The van der Waals surface area contributed by atoms with Gasteiger partial charge in [-0.2, -0.15) is 0 Å². The third-order valence-corrected chi connectivity index (χ3v) is 10.1. The first kappa shape index (κ1) is 24.1. The maximum atomic E-state index is 8.72. The summed E-state index contributed by atoms with van der Waals surface area (Å²) in [6.45, 7) is 13.0. The van der Waals surface area contributed by atoms with E-state index in [2.05, 4.69) is 33.9 Å². The first-order valence-electron chi connectivity index (χ1n) is 10.6. The summed E-state index contributed by atoms with van der Waals surface area (Å²) in [6, 6.07) is 0. The largest absolute Gasteiger partial charge is 0.417 e. The summed E-state index contributed by atoms with van der Waals surface area (Å²) in [5.41, 5.74) is 0. The van der Waals surface area contributed by atoms with Crippen molar-refractivity contribution >= 4 is 8.32 Å². The molecular formula is C21H46O2Si. The highest BCUT2D eigenvalue weighted by Crippen LogP contribution is 2.36. The lowest BCUT2D eigenvalue weighted by atomic mass is 10.0. The zero-order valence-corrected chi connectivity index (χ0v) is 18.5. The second-order valence-electron chi connectivity index (χ2n) is 8.93. The molecule has 0 aliphatic carbocycles. The molecular weight excluding hydrogens is 312 g/mol. The molecule has 0 rings (SSSR count). The van der Waals surface area contributed by atoms with Crippen LogP contribution in [0.5, 0.6) is 0 Å². The smallest absolute Gasteiger partial charge is 0.191 e. The topological polar surface area (TPSA) is 29.5 Å². The van der Waals surface area contributed by atoms with Crippen LogP contribution in [0.25, 0.3) is 0 Å². The van der Waals surface area contributed by atoms with Gasteiger partial charge in [-0.25, -0.2) is 0 Å². The fourth-order valence-electron chi connectivity index (χ4n) is 2.70. The molecule has 0 amide bonds. The van der Waals surface area contributed by atoms with Gasteiger partial charge in [0.15, 0.2) is 8.32 Å². The van der Waals surface area contributed by atoms with Crippen molar-refractivity contribution in [2.75, 3.05) is 13.2 Å². The van der Waals surface area contributed by atoms with Gasteiger partial charge in [0.05, 0.1) is 0 Å². The van der Waals surface area contributed by atoms with Crippen molar-refractivity contribution < 1.29 is 9.53 Å². The van der Waals surface area contributed by atoms with E-state index >= 15 is 0 Å². The summed E-state index contributed by atoms with van der Waals surface area (Å²) >= 11 is 0. The zero-order chi connectivity index (χ0) is 18.3. The summed E-state index contributed by atoms with van der Waals surface area (Å²) in [5, 5.41) is 9.06. The van der Waals surface area contributed by atoms with Crippen LogP contribution in [0.15, 0.2) is 0 Å². The van der Waals surface area contributed by atoms with Crippen LogP contribution in [0, 0.1) is 0 Å². The van der Waals surface area contributed by atoms with Crippen LogP contribution in [0.4, 0.5) is 0 Å². The van der Waals surface area contributed by atoms with Crippen LogP contribution in [0.1, 0.15) is 104 Å². The lowest BCUT2D eigenvalue weighted by molar-refractivity contribution is 0.277. The first-order valence-corrected chi connectivity index (χ1v) is 13.5. The van der Waals surface area contributed by atoms with Crippen molar-refractivity contribution in [2.24, 2.45) is 0 Å².